The number of nitrogens with one attached hydrogen (secondary N) is 3. The van der Waals surface area contributed by atoms with Crippen molar-refractivity contribution in [1.82, 2.24) is 30.1 Å². The second-order valence-electron chi connectivity index (χ2n) is 9.92. The topological polar surface area (TPSA) is 95.2 Å². The first kappa shape index (κ1) is 23.1. The van der Waals surface area contributed by atoms with Gasteiger partial charge in [-0.25, -0.2) is 9.37 Å². The van der Waals surface area contributed by atoms with Gasteiger partial charge in [-0.15, -0.1) is 0 Å². The van der Waals surface area contributed by atoms with Gasteiger partial charge in [0.15, 0.2) is 5.82 Å². The van der Waals surface area contributed by atoms with Gasteiger partial charge in [-0.3, -0.25) is 15.1 Å². The second-order valence-corrected chi connectivity index (χ2v) is 10.7. The lowest BCUT2D eigenvalue weighted by molar-refractivity contribution is 0.509. The number of nitrogens with zero attached hydrogens (tertiary/aromatic N) is 4. The Morgan fingerprint density at radius 3 is 2.70 bits per heavy atom. The molecule has 0 aliphatic heterocycles. The molecule has 0 atom stereocenters. The summed E-state index contributed by atoms with van der Waals surface area (Å²) in [7, 11) is 0. The predicted octanol–water partition coefficient (Wildman–Crippen LogP) is 7.40. The average molecular weight is 510 g/mol. The molecule has 0 aliphatic carbocycles. The lowest BCUT2D eigenvalue weighted by atomic mass is 9.93. The minimum atomic E-state index is -0.371. The number of rotatable bonds is 5. The van der Waals surface area contributed by atoms with Crippen LogP contribution in [0.2, 0.25) is 0 Å². The van der Waals surface area contributed by atoms with Crippen LogP contribution in [0.15, 0.2) is 72.0 Å². The summed E-state index contributed by atoms with van der Waals surface area (Å²) in [6, 6.07) is 9.02. The molecular formula is C28H24FN7S. The summed E-state index contributed by atoms with van der Waals surface area (Å²) in [6.45, 7) is 10.3. The zero-order valence-electron chi connectivity index (χ0n) is 20.6. The highest BCUT2D eigenvalue weighted by molar-refractivity contribution is 7.08. The van der Waals surface area contributed by atoms with Crippen LogP contribution >= 0.6 is 11.3 Å². The monoisotopic (exact) mass is 509 g/mol. The van der Waals surface area contributed by atoms with E-state index in [0.717, 1.165) is 39.1 Å². The molecule has 0 amide bonds. The van der Waals surface area contributed by atoms with E-state index in [4.69, 9.17) is 4.98 Å². The molecule has 6 rings (SSSR count). The number of benzene rings is 1. The van der Waals surface area contributed by atoms with Gasteiger partial charge in [0.1, 0.15) is 17.0 Å². The summed E-state index contributed by atoms with van der Waals surface area (Å²) in [4.78, 5) is 17.1. The second kappa shape index (κ2) is 8.63. The molecule has 6 aromatic rings. The molecule has 3 N–H and O–H groups in total. The Morgan fingerprint density at radius 2 is 1.92 bits per heavy atom. The summed E-state index contributed by atoms with van der Waals surface area (Å²) in [5, 5.41) is 15.5. The Morgan fingerprint density at radius 1 is 1.05 bits per heavy atom. The van der Waals surface area contributed by atoms with Crippen molar-refractivity contribution in [2.45, 2.75) is 20.8 Å². The van der Waals surface area contributed by atoms with Gasteiger partial charge >= 0.3 is 0 Å². The Bertz CT molecular complexity index is 1770. The quantitative estimate of drug-likeness (QED) is 0.225. The normalized spacial score (nSPS) is 11.9. The Balaban J connectivity index is 1.43. The van der Waals surface area contributed by atoms with Crippen molar-refractivity contribution in [3.05, 3.63) is 77.8 Å². The van der Waals surface area contributed by atoms with Gasteiger partial charge in [-0.2, -0.15) is 16.4 Å². The van der Waals surface area contributed by atoms with Crippen LogP contribution in [0.25, 0.3) is 55.8 Å². The first-order valence-electron chi connectivity index (χ1n) is 11.7. The Hall–Kier alpha value is -4.37. The van der Waals surface area contributed by atoms with Crippen LogP contribution in [0.3, 0.4) is 0 Å². The third kappa shape index (κ3) is 4.17. The van der Waals surface area contributed by atoms with E-state index in [1.165, 1.54) is 6.07 Å². The van der Waals surface area contributed by atoms with Crippen molar-refractivity contribution in [1.29, 1.82) is 0 Å². The van der Waals surface area contributed by atoms with E-state index < -0.39 is 0 Å². The molecule has 0 fully saturated rings. The van der Waals surface area contributed by atoms with Crippen molar-refractivity contribution in [3.63, 3.8) is 0 Å². The fourth-order valence-electron chi connectivity index (χ4n) is 4.12. The summed E-state index contributed by atoms with van der Waals surface area (Å²) in [6.07, 6.45) is 5.11. The standard InChI is InChI=1S/C28H24FN7S/c1-15(28(2,3)4)32-18-9-17(12-30-13-18)19-10-20-23(11-21(19)29)35-36-25(20)27-33-22-5-7-31-24(26(22)34-27)16-6-8-37-14-16/h5-14,32H,1H2,2-4H3,(H,33,34)(H,35,36). The number of anilines is 1. The lowest BCUT2D eigenvalue weighted by Crippen LogP contribution is -2.15. The van der Waals surface area contributed by atoms with Gasteiger partial charge in [0.25, 0.3) is 0 Å². The van der Waals surface area contributed by atoms with E-state index >= 15 is 4.39 Å². The number of aromatic amines is 2. The highest BCUT2D eigenvalue weighted by atomic mass is 32.1. The molecule has 0 spiro atoms. The Labute approximate surface area is 216 Å². The summed E-state index contributed by atoms with van der Waals surface area (Å²) < 4.78 is 15.2. The molecule has 7 nitrogen and oxygen atoms in total. The van der Waals surface area contributed by atoms with Crippen LogP contribution in [0, 0.1) is 11.2 Å². The highest BCUT2D eigenvalue weighted by Crippen LogP contribution is 2.35. The minimum Gasteiger partial charge on any atom is -0.358 e. The maximum atomic E-state index is 15.2. The number of aromatic nitrogens is 6. The first-order valence-corrected chi connectivity index (χ1v) is 12.7. The molecule has 1 aromatic carbocycles. The van der Waals surface area contributed by atoms with Crippen LogP contribution in [0.4, 0.5) is 10.1 Å². The number of allylic oxidation sites excluding steroid dienone is 1. The van der Waals surface area contributed by atoms with Gasteiger partial charge in [-0.05, 0) is 29.6 Å². The van der Waals surface area contributed by atoms with Crippen LogP contribution in [0.1, 0.15) is 20.8 Å². The summed E-state index contributed by atoms with van der Waals surface area (Å²) in [5.74, 6) is 0.211. The van der Waals surface area contributed by atoms with Gasteiger partial charge in [0.05, 0.1) is 28.6 Å². The van der Waals surface area contributed by atoms with E-state index in [-0.39, 0.29) is 11.2 Å². The van der Waals surface area contributed by atoms with Crippen molar-refractivity contribution in [2.24, 2.45) is 5.41 Å². The molecule has 5 aromatic heterocycles. The van der Waals surface area contributed by atoms with Crippen LogP contribution in [0.5, 0.6) is 0 Å². The molecule has 5 heterocycles. The van der Waals surface area contributed by atoms with Crippen molar-refractivity contribution >= 4 is 39.0 Å². The first-order chi connectivity index (χ1) is 17.8. The summed E-state index contributed by atoms with van der Waals surface area (Å²) in [5.41, 5.74) is 7.15. The third-order valence-corrected chi connectivity index (χ3v) is 7.00. The van der Waals surface area contributed by atoms with E-state index in [2.05, 4.69) is 57.8 Å². The number of imidazole rings is 1. The molecule has 0 aliphatic rings. The van der Waals surface area contributed by atoms with Crippen molar-refractivity contribution in [2.75, 3.05) is 5.32 Å². The fourth-order valence-corrected chi connectivity index (χ4v) is 4.76. The number of halogens is 1. The maximum absolute atomic E-state index is 15.2. The molecule has 0 bridgehead atoms. The van der Waals surface area contributed by atoms with E-state index in [1.807, 2.05) is 29.0 Å². The van der Waals surface area contributed by atoms with E-state index in [0.29, 0.717) is 28.2 Å². The predicted molar refractivity (Wildman–Crippen MR) is 148 cm³/mol. The molecule has 184 valence electrons. The van der Waals surface area contributed by atoms with Gasteiger partial charge in [0, 0.05) is 57.0 Å². The molecular weight excluding hydrogens is 485 g/mol. The number of H-pyrrole nitrogens is 2. The van der Waals surface area contributed by atoms with Gasteiger partial charge in [0.2, 0.25) is 0 Å². The smallest absolute Gasteiger partial charge is 0.159 e. The molecule has 0 unspecified atom stereocenters. The SMILES string of the molecule is C=C(Nc1cncc(-c2cc3c(-c4nc5c(-c6ccsc6)nccc5[nH]4)n[nH]c3cc2F)c1)C(C)(C)C. The van der Waals surface area contributed by atoms with Crippen LogP contribution in [-0.4, -0.2) is 30.1 Å². The average Bonchev–Trinajstić information content (AvgIpc) is 3.62. The third-order valence-electron chi connectivity index (χ3n) is 6.32. The molecule has 0 saturated carbocycles. The zero-order valence-corrected chi connectivity index (χ0v) is 21.4. The van der Waals surface area contributed by atoms with E-state index in [1.54, 1.807) is 36.0 Å². The van der Waals surface area contributed by atoms with Crippen molar-refractivity contribution in [3.8, 4) is 33.9 Å². The molecule has 9 heteroatoms. The van der Waals surface area contributed by atoms with Crippen molar-refractivity contribution < 1.29 is 4.39 Å². The van der Waals surface area contributed by atoms with E-state index in [9.17, 15) is 0 Å². The number of pyridine rings is 2. The van der Waals surface area contributed by atoms with Gasteiger partial charge < -0.3 is 10.3 Å². The molecule has 0 radical (unpaired) electrons. The molecule has 37 heavy (non-hydrogen) atoms. The van der Waals surface area contributed by atoms with Gasteiger partial charge in [-0.1, -0.05) is 27.4 Å². The summed E-state index contributed by atoms with van der Waals surface area (Å²) >= 11 is 1.61. The largest absolute Gasteiger partial charge is 0.358 e. The van der Waals surface area contributed by atoms with Crippen LogP contribution < -0.4 is 5.32 Å². The highest BCUT2D eigenvalue weighted by Gasteiger charge is 2.19. The number of fused-ring (bicyclic) bond motifs is 2. The number of hydrogen-bond acceptors (Lipinski definition) is 6. The number of thiophene rings is 1. The van der Waals surface area contributed by atoms with Crippen LogP contribution in [-0.2, 0) is 0 Å². The zero-order chi connectivity index (χ0) is 25.7. The minimum absolute atomic E-state index is 0.128. The maximum Gasteiger partial charge on any atom is 0.159 e. The number of hydrogen-bond donors (Lipinski definition) is 3. The Kier molecular flexibility index (Phi) is 5.38. The molecule has 0 saturated heterocycles. The lowest BCUT2D eigenvalue weighted by Gasteiger charge is -2.23. The fraction of sp³-hybridized carbons (Fsp3) is 0.143.